The number of benzene rings is 1. The average Bonchev–Trinajstić information content (AvgIpc) is 2.06. The Kier molecular flexibility index (Phi) is 2.03. The van der Waals surface area contributed by atoms with Gasteiger partial charge in [-0.3, -0.25) is 0 Å². The molecule has 0 spiro atoms. The van der Waals surface area contributed by atoms with Crippen molar-refractivity contribution in [1.82, 2.24) is 0 Å². The molecule has 0 bridgehead atoms. The first-order valence-electron chi connectivity index (χ1n) is 4.58. The smallest absolute Gasteiger partial charge is 0.182 e. The fraction of sp³-hybridized carbons (Fsp3) is 0.400. The van der Waals surface area contributed by atoms with E-state index in [1.54, 1.807) is 6.07 Å². The van der Waals surface area contributed by atoms with Crippen molar-refractivity contribution in [2.75, 3.05) is 17.6 Å². The number of aryl methyl sites for hydroxylation is 2. The van der Waals surface area contributed by atoms with Crippen LogP contribution in [0.25, 0.3) is 0 Å². The van der Waals surface area contributed by atoms with Crippen molar-refractivity contribution in [3.63, 3.8) is 0 Å². The van der Waals surface area contributed by atoms with E-state index in [9.17, 15) is 8.42 Å². The van der Waals surface area contributed by atoms with Crippen LogP contribution in [0.15, 0.2) is 17.0 Å². The Balaban J connectivity index is 2.76. The van der Waals surface area contributed by atoms with Crippen LogP contribution in [0.1, 0.15) is 11.1 Å². The summed E-state index contributed by atoms with van der Waals surface area (Å²) in [4.78, 5) is 0.459. The first kappa shape index (κ1) is 9.52. The van der Waals surface area contributed by atoms with Gasteiger partial charge in [0.15, 0.2) is 9.84 Å². The first-order valence-corrected chi connectivity index (χ1v) is 6.24. The molecule has 14 heavy (non-hydrogen) atoms. The largest absolute Gasteiger partial charge is 0.383 e. The lowest BCUT2D eigenvalue weighted by Crippen LogP contribution is -2.24. The van der Waals surface area contributed by atoms with E-state index in [0.29, 0.717) is 11.4 Å². The minimum atomic E-state index is -3.05. The molecule has 0 aliphatic carbocycles. The maximum absolute atomic E-state index is 11.7. The standard InChI is InChI=1S/C10H13NO2S/c1-7-5-8(2)10-9(6-7)14(12,13)4-3-11-10/h5-6,11H,3-4H2,1-2H3. The van der Waals surface area contributed by atoms with Crippen LogP contribution in [0.2, 0.25) is 0 Å². The molecule has 0 amide bonds. The van der Waals surface area contributed by atoms with Gasteiger partial charge in [0.2, 0.25) is 0 Å². The summed E-state index contributed by atoms with van der Waals surface area (Å²) in [6.45, 7) is 4.36. The molecule has 1 aromatic carbocycles. The summed E-state index contributed by atoms with van der Waals surface area (Å²) in [6, 6.07) is 3.73. The number of fused-ring (bicyclic) bond motifs is 1. The van der Waals surface area contributed by atoms with Crippen molar-refractivity contribution in [3.05, 3.63) is 23.3 Å². The Bertz CT molecular complexity index is 477. The molecular weight excluding hydrogens is 198 g/mol. The highest BCUT2D eigenvalue weighted by molar-refractivity contribution is 7.91. The van der Waals surface area contributed by atoms with Gasteiger partial charge in [0.1, 0.15) is 0 Å². The lowest BCUT2D eigenvalue weighted by molar-refractivity contribution is 0.594. The van der Waals surface area contributed by atoms with Gasteiger partial charge in [0, 0.05) is 6.54 Å². The summed E-state index contributed by atoms with van der Waals surface area (Å²) in [5.41, 5.74) is 2.78. The number of hydrogen-bond acceptors (Lipinski definition) is 3. The average molecular weight is 211 g/mol. The lowest BCUT2D eigenvalue weighted by atomic mass is 10.1. The molecule has 0 saturated heterocycles. The van der Waals surface area contributed by atoms with Crippen molar-refractivity contribution >= 4 is 15.5 Å². The van der Waals surface area contributed by atoms with E-state index < -0.39 is 9.84 Å². The van der Waals surface area contributed by atoms with Crippen LogP contribution in [-0.2, 0) is 9.84 Å². The molecule has 1 aliphatic heterocycles. The van der Waals surface area contributed by atoms with Crippen molar-refractivity contribution in [2.45, 2.75) is 18.7 Å². The molecule has 0 fully saturated rings. The molecule has 1 N–H and O–H groups in total. The van der Waals surface area contributed by atoms with E-state index in [1.165, 1.54) is 0 Å². The molecule has 1 aromatic rings. The number of sulfone groups is 1. The van der Waals surface area contributed by atoms with Gasteiger partial charge in [0.25, 0.3) is 0 Å². The van der Waals surface area contributed by atoms with Gasteiger partial charge in [-0.25, -0.2) is 8.42 Å². The molecule has 3 nitrogen and oxygen atoms in total. The first-order chi connectivity index (χ1) is 6.50. The van der Waals surface area contributed by atoms with Crippen molar-refractivity contribution < 1.29 is 8.42 Å². The summed E-state index contributed by atoms with van der Waals surface area (Å²) in [5.74, 6) is 0.197. The summed E-state index contributed by atoms with van der Waals surface area (Å²) in [6.07, 6.45) is 0. The third-order valence-corrected chi connectivity index (χ3v) is 4.18. The summed E-state index contributed by atoms with van der Waals surface area (Å²) >= 11 is 0. The zero-order valence-corrected chi connectivity index (χ0v) is 9.11. The second kappa shape index (κ2) is 2.98. The highest BCUT2D eigenvalue weighted by atomic mass is 32.2. The molecule has 2 rings (SSSR count). The fourth-order valence-electron chi connectivity index (χ4n) is 1.82. The quantitative estimate of drug-likeness (QED) is 0.707. The summed E-state index contributed by atoms with van der Waals surface area (Å²) in [7, 11) is -3.05. The van der Waals surface area contributed by atoms with E-state index in [1.807, 2.05) is 19.9 Å². The monoisotopic (exact) mass is 211 g/mol. The van der Waals surface area contributed by atoms with E-state index in [2.05, 4.69) is 5.32 Å². The zero-order chi connectivity index (χ0) is 10.3. The molecule has 0 atom stereocenters. The highest BCUT2D eigenvalue weighted by Gasteiger charge is 2.24. The highest BCUT2D eigenvalue weighted by Crippen LogP contribution is 2.30. The van der Waals surface area contributed by atoms with Crippen LogP contribution < -0.4 is 5.32 Å². The van der Waals surface area contributed by atoms with Gasteiger partial charge in [0.05, 0.1) is 16.3 Å². The maximum Gasteiger partial charge on any atom is 0.182 e. The van der Waals surface area contributed by atoms with Crippen LogP contribution in [0.3, 0.4) is 0 Å². The van der Waals surface area contributed by atoms with Crippen LogP contribution in [-0.4, -0.2) is 20.7 Å². The second-order valence-electron chi connectivity index (χ2n) is 3.70. The Morgan fingerprint density at radius 1 is 1.29 bits per heavy atom. The Labute approximate surface area is 84.1 Å². The maximum atomic E-state index is 11.7. The zero-order valence-electron chi connectivity index (χ0n) is 8.29. The molecule has 1 heterocycles. The predicted octanol–water partition coefficient (Wildman–Crippen LogP) is 1.50. The number of rotatable bonds is 0. The minimum Gasteiger partial charge on any atom is -0.383 e. The summed E-state index contributed by atoms with van der Waals surface area (Å²) in [5, 5.41) is 3.13. The third kappa shape index (κ3) is 1.39. The van der Waals surface area contributed by atoms with Gasteiger partial charge in [-0.05, 0) is 31.0 Å². The molecule has 0 unspecified atom stereocenters. The topological polar surface area (TPSA) is 46.2 Å². The molecule has 0 aromatic heterocycles. The lowest BCUT2D eigenvalue weighted by Gasteiger charge is -2.20. The summed E-state index contributed by atoms with van der Waals surface area (Å²) < 4.78 is 23.5. The van der Waals surface area contributed by atoms with Gasteiger partial charge in [-0.15, -0.1) is 0 Å². The SMILES string of the molecule is Cc1cc(C)c2c(c1)S(=O)(=O)CCN2. The fourth-order valence-corrected chi connectivity index (χ4v) is 3.32. The van der Waals surface area contributed by atoms with Crippen LogP contribution in [0.4, 0.5) is 5.69 Å². The third-order valence-electron chi connectivity index (χ3n) is 2.45. The van der Waals surface area contributed by atoms with Crippen LogP contribution in [0, 0.1) is 13.8 Å². The minimum absolute atomic E-state index is 0.197. The van der Waals surface area contributed by atoms with E-state index in [0.717, 1.165) is 16.8 Å². The van der Waals surface area contributed by atoms with E-state index in [-0.39, 0.29) is 5.75 Å². The molecule has 0 saturated carbocycles. The van der Waals surface area contributed by atoms with Crippen molar-refractivity contribution in [1.29, 1.82) is 0 Å². The van der Waals surface area contributed by atoms with Gasteiger partial charge in [-0.1, -0.05) is 6.07 Å². The predicted molar refractivity (Wildman–Crippen MR) is 56.5 cm³/mol. The van der Waals surface area contributed by atoms with Gasteiger partial charge in [-0.2, -0.15) is 0 Å². The van der Waals surface area contributed by atoms with E-state index >= 15 is 0 Å². The second-order valence-corrected chi connectivity index (χ2v) is 5.78. The molecule has 1 aliphatic rings. The molecule has 0 radical (unpaired) electrons. The van der Waals surface area contributed by atoms with Gasteiger partial charge < -0.3 is 5.32 Å². The van der Waals surface area contributed by atoms with E-state index in [4.69, 9.17) is 0 Å². The molecule has 4 heteroatoms. The van der Waals surface area contributed by atoms with Crippen LogP contribution >= 0.6 is 0 Å². The molecular formula is C10H13NO2S. The van der Waals surface area contributed by atoms with Crippen LogP contribution in [0.5, 0.6) is 0 Å². The Morgan fingerprint density at radius 2 is 2.00 bits per heavy atom. The molecule has 76 valence electrons. The Morgan fingerprint density at radius 3 is 2.71 bits per heavy atom. The normalized spacial score (nSPS) is 18.4. The Hall–Kier alpha value is -1.03. The number of anilines is 1. The number of nitrogens with one attached hydrogen (secondary N) is 1. The van der Waals surface area contributed by atoms with Crippen molar-refractivity contribution in [2.24, 2.45) is 0 Å². The number of hydrogen-bond donors (Lipinski definition) is 1. The van der Waals surface area contributed by atoms with Gasteiger partial charge >= 0.3 is 0 Å². The van der Waals surface area contributed by atoms with Crippen molar-refractivity contribution in [3.8, 4) is 0 Å².